The van der Waals surface area contributed by atoms with Crippen LogP contribution in [0.3, 0.4) is 0 Å². The predicted octanol–water partition coefficient (Wildman–Crippen LogP) is 2.25. The Balaban J connectivity index is 1.97. The van der Waals surface area contributed by atoms with Gasteiger partial charge < -0.3 is 5.73 Å². The third kappa shape index (κ3) is 2.23. The van der Waals surface area contributed by atoms with Gasteiger partial charge in [-0.25, -0.2) is 4.99 Å². The Bertz CT molecular complexity index is 1000. The minimum absolute atomic E-state index is 0.252. The van der Waals surface area contributed by atoms with Crippen molar-refractivity contribution in [2.75, 3.05) is 5.32 Å². The molecule has 0 bridgehead atoms. The standard InChI is InChI=1S/C18H17N5O/c1-2-11-7-9-12(10-8-11)15-20-17(19)22-18-21-16(24)13-5-3-4-6-14(13)23(15)18/h3-10,15H,2H2,1H3,(H3,19,20,21,22,24)/t15-/m0/s1. The van der Waals surface area contributed by atoms with E-state index in [0.717, 1.165) is 17.5 Å². The zero-order valence-electron chi connectivity index (χ0n) is 13.2. The van der Waals surface area contributed by atoms with Crippen LogP contribution in [0.15, 0.2) is 58.3 Å². The minimum Gasteiger partial charge on any atom is -0.370 e. The molecule has 3 aromatic rings. The second-order valence-electron chi connectivity index (χ2n) is 5.74. The fraction of sp³-hybridized carbons (Fsp3) is 0.167. The number of hydrogen-bond donors (Lipinski definition) is 2. The highest BCUT2D eigenvalue weighted by Crippen LogP contribution is 2.29. The van der Waals surface area contributed by atoms with Crippen LogP contribution in [-0.4, -0.2) is 15.5 Å². The van der Waals surface area contributed by atoms with E-state index in [1.54, 1.807) is 6.07 Å². The smallest absolute Gasteiger partial charge is 0.282 e. The monoisotopic (exact) mass is 319 g/mol. The van der Waals surface area contributed by atoms with Crippen LogP contribution >= 0.6 is 0 Å². The van der Waals surface area contributed by atoms with E-state index in [1.807, 2.05) is 34.9 Å². The van der Waals surface area contributed by atoms with E-state index in [9.17, 15) is 4.79 Å². The van der Waals surface area contributed by atoms with Gasteiger partial charge in [-0.2, -0.15) is 4.98 Å². The first-order valence-corrected chi connectivity index (χ1v) is 7.88. The maximum atomic E-state index is 12.2. The number of nitrogens with one attached hydrogen (secondary N) is 1. The van der Waals surface area contributed by atoms with Crippen LogP contribution in [0.4, 0.5) is 5.95 Å². The van der Waals surface area contributed by atoms with Gasteiger partial charge in [-0.3, -0.25) is 14.7 Å². The number of nitrogens with two attached hydrogens (primary N) is 1. The number of nitrogens with zero attached hydrogens (tertiary/aromatic N) is 3. The second-order valence-corrected chi connectivity index (χ2v) is 5.74. The Kier molecular flexibility index (Phi) is 3.30. The van der Waals surface area contributed by atoms with Gasteiger partial charge in [0.05, 0.1) is 10.9 Å². The summed E-state index contributed by atoms with van der Waals surface area (Å²) < 4.78 is 1.91. The quantitative estimate of drug-likeness (QED) is 0.758. The molecule has 1 aromatic heterocycles. The molecular formula is C18H17N5O. The van der Waals surface area contributed by atoms with Crippen molar-refractivity contribution in [2.24, 2.45) is 10.7 Å². The molecule has 4 rings (SSSR count). The van der Waals surface area contributed by atoms with E-state index in [2.05, 4.69) is 34.3 Å². The number of aliphatic imine (C=N–C) groups is 1. The average molecular weight is 319 g/mol. The van der Waals surface area contributed by atoms with Crippen LogP contribution in [0.1, 0.15) is 24.2 Å². The Morgan fingerprint density at radius 2 is 1.92 bits per heavy atom. The lowest BCUT2D eigenvalue weighted by molar-refractivity contribution is 0.615. The molecule has 0 radical (unpaired) electrons. The van der Waals surface area contributed by atoms with Crippen molar-refractivity contribution in [3.8, 4) is 0 Å². The lowest BCUT2D eigenvalue weighted by Crippen LogP contribution is -2.34. The molecule has 0 amide bonds. The molecule has 6 heteroatoms. The molecule has 120 valence electrons. The van der Waals surface area contributed by atoms with Crippen molar-refractivity contribution in [2.45, 2.75) is 19.5 Å². The normalized spacial score (nSPS) is 16.4. The van der Waals surface area contributed by atoms with Gasteiger partial charge in [0.2, 0.25) is 5.95 Å². The molecule has 0 saturated carbocycles. The summed E-state index contributed by atoms with van der Waals surface area (Å²) in [5, 5.41) is 3.46. The zero-order valence-corrected chi connectivity index (χ0v) is 13.2. The second kappa shape index (κ2) is 5.49. The van der Waals surface area contributed by atoms with E-state index in [4.69, 9.17) is 5.73 Å². The Morgan fingerprint density at radius 3 is 2.67 bits per heavy atom. The molecule has 6 nitrogen and oxygen atoms in total. The van der Waals surface area contributed by atoms with Crippen molar-refractivity contribution in [1.82, 2.24) is 9.55 Å². The van der Waals surface area contributed by atoms with E-state index < -0.39 is 0 Å². The number of anilines is 1. The third-order valence-corrected chi connectivity index (χ3v) is 4.26. The molecule has 0 unspecified atom stereocenters. The maximum Gasteiger partial charge on any atom is 0.282 e. The summed E-state index contributed by atoms with van der Waals surface area (Å²) in [6.45, 7) is 2.12. The van der Waals surface area contributed by atoms with Crippen molar-refractivity contribution >= 4 is 22.8 Å². The Hall–Kier alpha value is -3.15. The number of hydrogen-bond acceptors (Lipinski definition) is 5. The van der Waals surface area contributed by atoms with Crippen LogP contribution in [0, 0.1) is 0 Å². The van der Waals surface area contributed by atoms with Gasteiger partial charge in [0.15, 0.2) is 12.1 Å². The molecule has 0 aliphatic carbocycles. The largest absolute Gasteiger partial charge is 0.370 e. The van der Waals surface area contributed by atoms with E-state index >= 15 is 0 Å². The molecular weight excluding hydrogens is 302 g/mol. The minimum atomic E-state index is -0.356. The highest BCUT2D eigenvalue weighted by Gasteiger charge is 2.24. The summed E-state index contributed by atoms with van der Waals surface area (Å²) in [5.41, 5.74) is 8.66. The van der Waals surface area contributed by atoms with Gasteiger partial charge in [-0.05, 0) is 29.7 Å². The summed E-state index contributed by atoms with van der Waals surface area (Å²) in [7, 11) is 0. The number of guanidine groups is 1. The molecule has 0 saturated heterocycles. The molecule has 1 aliphatic rings. The van der Waals surface area contributed by atoms with Crippen LogP contribution in [0.25, 0.3) is 10.9 Å². The van der Waals surface area contributed by atoms with Gasteiger partial charge in [0.1, 0.15) is 0 Å². The lowest BCUT2D eigenvalue weighted by atomic mass is 10.1. The van der Waals surface area contributed by atoms with Crippen LogP contribution in [0.5, 0.6) is 0 Å². The maximum absolute atomic E-state index is 12.2. The van der Waals surface area contributed by atoms with Crippen LogP contribution in [0.2, 0.25) is 0 Å². The molecule has 3 N–H and O–H groups in total. The molecule has 0 fully saturated rings. The highest BCUT2D eigenvalue weighted by molar-refractivity contribution is 5.93. The van der Waals surface area contributed by atoms with Crippen molar-refractivity contribution in [3.63, 3.8) is 0 Å². The van der Waals surface area contributed by atoms with Gasteiger partial charge in [-0.1, -0.05) is 43.3 Å². The predicted molar refractivity (Wildman–Crippen MR) is 95.2 cm³/mol. The summed E-state index contributed by atoms with van der Waals surface area (Å²) in [5.74, 6) is 0.664. The topological polar surface area (TPSA) is 85.3 Å². The number of aromatic nitrogens is 2. The van der Waals surface area contributed by atoms with Gasteiger partial charge >= 0.3 is 0 Å². The average Bonchev–Trinajstić information content (AvgIpc) is 2.61. The number of fused-ring (bicyclic) bond motifs is 3. The summed E-state index contributed by atoms with van der Waals surface area (Å²) in [6, 6.07) is 15.7. The number of aryl methyl sites for hydroxylation is 1. The molecule has 1 atom stereocenters. The van der Waals surface area contributed by atoms with Crippen molar-refractivity contribution < 1.29 is 0 Å². The fourth-order valence-electron chi connectivity index (χ4n) is 3.01. The number of rotatable bonds is 2. The van der Waals surface area contributed by atoms with Crippen molar-refractivity contribution in [1.29, 1.82) is 0 Å². The van der Waals surface area contributed by atoms with Gasteiger partial charge in [0.25, 0.3) is 5.56 Å². The summed E-state index contributed by atoms with van der Waals surface area (Å²) >= 11 is 0. The number of benzene rings is 2. The number of para-hydroxylation sites is 1. The van der Waals surface area contributed by atoms with Crippen LogP contribution < -0.4 is 16.6 Å². The Labute approximate surface area is 138 Å². The molecule has 1 aliphatic heterocycles. The molecule has 2 aromatic carbocycles. The highest BCUT2D eigenvalue weighted by atomic mass is 16.1. The van der Waals surface area contributed by atoms with E-state index in [1.165, 1.54) is 5.56 Å². The Morgan fingerprint density at radius 1 is 1.17 bits per heavy atom. The first-order chi connectivity index (χ1) is 11.7. The van der Waals surface area contributed by atoms with Gasteiger partial charge in [-0.15, -0.1) is 0 Å². The zero-order chi connectivity index (χ0) is 16.7. The fourth-order valence-corrected chi connectivity index (χ4v) is 3.01. The first kappa shape index (κ1) is 14.4. The van der Waals surface area contributed by atoms with E-state index in [-0.39, 0.29) is 17.7 Å². The first-order valence-electron chi connectivity index (χ1n) is 7.88. The lowest BCUT2D eigenvalue weighted by Gasteiger charge is -2.27. The van der Waals surface area contributed by atoms with Crippen LogP contribution in [-0.2, 0) is 6.42 Å². The van der Waals surface area contributed by atoms with E-state index in [0.29, 0.717) is 11.3 Å². The molecule has 2 heterocycles. The summed E-state index contributed by atoms with van der Waals surface area (Å²) in [4.78, 5) is 20.9. The van der Waals surface area contributed by atoms with Crippen molar-refractivity contribution in [3.05, 3.63) is 70.0 Å². The van der Waals surface area contributed by atoms with Gasteiger partial charge in [0, 0.05) is 0 Å². The SMILES string of the molecule is CCc1ccc([C@H]2N=C(N)Nc3nc(=O)c4ccccc4n32)cc1. The molecule has 24 heavy (non-hydrogen) atoms. The summed E-state index contributed by atoms with van der Waals surface area (Å²) in [6.07, 6.45) is 0.622. The third-order valence-electron chi connectivity index (χ3n) is 4.26. The molecule has 0 spiro atoms.